The molecule has 26 heavy (non-hydrogen) atoms. The summed E-state index contributed by atoms with van der Waals surface area (Å²) in [5, 5.41) is 3.82. The molecule has 0 heterocycles. The Labute approximate surface area is 153 Å². The van der Waals surface area contributed by atoms with Crippen LogP contribution in [0.25, 0.3) is 0 Å². The molecule has 0 saturated carbocycles. The fraction of sp³-hybridized carbons (Fsp3) is 0.0476. The predicted octanol–water partition coefficient (Wildman–Crippen LogP) is 4.87. The standard InChI is InChI=1S/C21H16N2O2S/c1-17-7-15-21(16-8-17)26(24,25)23-22-20-13-11-19(12-14-20)10-9-18-5-3-2-4-6-18/h2-8,11-16H,1H3. The lowest BCUT2D eigenvalue weighted by molar-refractivity contribution is 0.595. The van der Waals surface area contributed by atoms with Gasteiger partial charge in [-0.15, -0.1) is 5.11 Å². The topological polar surface area (TPSA) is 58.9 Å². The van der Waals surface area contributed by atoms with Crippen LogP contribution in [0.5, 0.6) is 0 Å². The SMILES string of the molecule is Cc1ccc(S(=O)(=O)N=Nc2ccc(C#Cc3ccccc3)cc2)cc1. The molecule has 5 heteroatoms. The van der Waals surface area contributed by atoms with Crippen molar-refractivity contribution in [3.63, 3.8) is 0 Å². The molecule has 0 N–H and O–H groups in total. The van der Waals surface area contributed by atoms with Crippen LogP contribution in [-0.2, 0) is 10.0 Å². The molecule has 3 aromatic carbocycles. The molecule has 0 atom stereocenters. The number of sulfonamides is 1. The molecule has 0 saturated heterocycles. The van der Waals surface area contributed by atoms with Crippen molar-refractivity contribution in [1.82, 2.24) is 0 Å². The zero-order valence-electron chi connectivity index (χ0n) is 14.1. The second kappa shape index (κ2) is 7.77. The van der Waals surface area contributed by atoms with Gasteiger partial charge in [0.25, 0.3) is 10.0 Å². The Balaban J connectivity index is 1.74. The molecule has 0 bridgehead atoms. The second-order valence-corrected chi connectivity index (χ2v) is 7.22. The van der Waals surface area contributed by atoms with Crippen LogP contribution in [0.15, 0.2) is 93.4 Å². The summed E-state index contributed by atoms with van der Waals surface area (Å²) in [5.74, 6) is 6.11. The van der Waals surface area contributed by atoms with E-state index in [9.17, 15) is 8.42 Å². The molecule has 0 radical (unpaired) electrons. The number of nitrogens with zero attached hydrogens (tertiary/aromatic N) is 2. The average molecular weight is 360 g/mol. The Morgan fingerprint density at radius 3 is 1.92 bits per heavy atom. The number of aryl methyl sites for hydroxylation is 1. The normalized spacial score (nSPS) is 11.1. The van der Waals surface area contributed by atoms with Gasteiger partial charge in [-0.1, -0.05) is 52.3 Å². The van der Waals surface area contributed by atoms with E-state index < -0.39 is 10.0 Å². The van der Waals surface area contributed by atoms with Crippen LogP contribution < -0.4 is 0 Å². The quantitative estimate of drug-likeness (QED) is 0.494. The van der Waals surface area contributed by atoms with E-state index in [4.69, 9.17) is 0 Å². The highest BCUT2D eigenvalue weighted by atomic mass is 32.2. The minimum Gasteiger partial charge on any atom is -0.198 e. The number of hydrogen-bond acceptors (Lipinski definition) is 3. The lowest BCUT2D eigenvalue weighted by Crippen LogP contribution is -1.95. The van der Waals surface area contributed by atoms with Crippen molar-refractivity contribution in [2.75, 3.05) is 0 Å². The predicted molar refractivity (Wildman–Crippen MR) is 102 cm³/mol. The maximum Gasteiger partial charge on any atom is 0.299 e. The molecular formula is C21H16N2O2S. The fourth-order valence-corrected chi connectivity index (χ4v) is 2.91. The van der Waals surface area contributed by atoms with Gasteiger partial charge in [-0.05, 0) is 55.5 Å². The van der Waals surface area contributed by atoms with E-state index in [1.807, 2.05) is 37.3 Å². The van der Waals surface area contributed by atoms with E-state index in [0.717, 1.165) is 16.7 Å². The smallest absolute Gasteiger partial charge is 0.198 e. The van der Waals surface area contributed by atoms with Gasteiger partial charge in [-0.25, -0.2) is 0 Å². The third-order valence-corrected chi connectivity index (χ3v) is 4.74. The molecule has 0 aliphatic heterocycles. The van der Waals surface area contributed by atoms with Crippen LogP contribution in [0, 0.1) is 18.8 Å². The zero-order chi connectivity index (χ0) is 18.4. The summed E-state index contributed by atoms with van der Waals surface area (Å²) < 4.78 is 27.8. The highest BCUT2D eigenvalue weighted by Gasteiger charge is 2.12. The van der Waals surface area contributed by atoms with E-state index in [-0.39, 0.29) is 4.90 Å². The Hall–Kier alpha value is -3.23. The first-order valence-corrected chi connectivity index (χ1v) is 9.39. The first-order chi connectivity index (χ1) is 12.5. The third-order valence-electron chi connectivity index (χ3n) is 3.57. The van der Waals surface area contributed by atoms with Crippen LogP contribution in [0.1, 0.15) is 16.7 Å². The summed E-state index contributed by atoms with van der Waals surface area (Å²) in [4.78, 5) is 0.122. The summed E-state index contributed by atoms with van der Waals surface area (Å²) in [6, 6.07) is 23.1. The van der Waals surface area contributed by atoms with Gasteiger partial charge < -0.3 is 0 Å². The second-order valence-electron chi connectivity index (χ2n) is 5.63. The summed E-state index contributed by atoms with van der Waals surface area (Å²) in [6.45, 7) is 1.89. The van der Waals surface area contributed by atoms with E-state index >= 15 is 0 Å². The highest BCUT2D eigenvalue weighted by Crippen LogP contribution is 2.18. The van der Waals surface area contributed by atoms with Gasteiger partial charge in [0, 0.05) is 11.1 Å². The van der Waals surface area contributed by atoms with Gasteiger partial charge in [0.1, 0.15) is 0 Å². The Kier molecular flexibility index (Phi) is 5.26. The number of rotatable bonds is 3. The summed E-state index contributed by atoms with van der Waals surface area (Å²) in [6.07, 6.45) is 0. The molecule has 3 aromatic rings. The highest BCUT2D eigenvalue weighted by molar-refractivity contribution is 7.90. The Bertz CT molecular complexity index is 1070. The molecule has 0 fully saturated rings. The van der Waals surface area contributed by atoms with E-state index in [1.165, 1.54) is 12.1 Å². The van der Waals surface area contributed by atoms with Crippen molar-refractivity contribution in [2.45, 2.75) is 11.8 Å². The first-order valence-electron chi connectivity index (χ1n) is 7.95. The third kappa shape index (κ3) is 4.65. The van der Waals surface area contributed by atoms with Crippen LogP contribution >= 0.6 is 0 Å². The molecule has 0 aromatic heterocycles. The minimum atomic E-state index is -3.80. The Morgan fingerprint density at radius 2 is 1.31 bits per heavy atom. The maximum absolute atomic E-state index is 12.2. The number of benzene rings is 3. The molecule has 0 amide bonds. The fourth-order valence-electron chi connectivity index (χ4n) is 2.14. The maximum atomic E-state index is 12.2. The molecule has 128 valence electrons. The van der Waals surface area contributed by atoms with Crippen molar-refractivity contribution in [1.29, 1.82) is 0 Å². The molecule has 0 unspecified atom stereocenters. The monoisotopic (exact) mass is 360 g/mol. The van der Waals surface area contributed by atoms with Gasteiger partial charge in [-0.3, -0.25) is 0 Å². The lowest BCUT2D eigenvalue weighted by atomic mass is 10.2. The Morgan fingerprint density at radius 1 is 0.731 bits per heavy atom. The van der Waals surface area contributed by atoms with Crippen molar-refractivity contribution < 1.29 is 8.42 Å². The van der Waals surface area contributed by atoms with Crippen molar-refractivity contribution >= 4 is 15.7 Å². The van der Waals surface area contributed by atoms with Crippen molar-refractivity contribution in [3.05, 3.63) is 95.6 Å². The van der Waals surface area contributed by atoms with Gasteiger partial charge in [0.05, 0.1) is 10.6 Å². The minimum absolute atomic E-state index is 0.122. The van der Waals surface area contributed by atoms with Crippen molar-refractivity contribution in [3.8, 4) is 11.8 Å². The zero-order valence-corrected chi connectivity index (χ0v) is 14.9. The van der Waals surface area contributed by atoms with E-state index in [1.54, 1.807) is 36.4 Å². The molecule has 4 nitrogen and oxygen atoms in total. The van der Waals surface area contributed by atoms with Gasteiger partial charge in [0.15, 0.2) is 0 Å². The van der Waals surface area contributed by atoms with Gasteiger partial charge in [-0.2, -0.15) is 8.42 Å². The lowest BCUT2D eigenvalue weighted by Gasteiger charge is -1.98. The van der Waals surface area contributed by atoms with Crippen LogP contribution in [0.2, 0.25) is 0 Å². The van der Waals surface area contributed by atoms with Crippen molar-refractivity contribution in [2.24, 2.45) is 9.63 Å². The number of hydrogen-bond donors (Lipinski definition) is 0. The molecule has 0 spiro atoms. The van der Waals surface area contributed by atoms with Crippen LogP contribution in [-0.4, -0.2) is 8.42 Å². The summed E-state index contributed by atoms with van der Waals surface area (Å²) in [7, 11) is -3.80. The largest absolute Gasteiger partial charge is 0.299 e. The van der Waals surface area contributed by atoms with Gasteiger partial charge >= 0.3 is 0 Å². The molecule has 0 aliphatic carbocycles. The average Bonchev–Trinajstić information content (AvgIpc) is 2.67. The van der Waals surface area contributed by atoms with Crippen LogP contribution in [0.4, 0.5) is 5.69 Å². The van der Waals surface area contributed by atoms with Gasteiger partial charge in [0.2, 0.25) is 0 Å². The first kappa shape index (κ1) is 17.6. The van der Waals surface area contributed by atoms with Crippen LogP contribution in [0.3, 0.4) is 0 Å². The summed E-state index contributed by atoms with van der Waals surface area (Å²) in [5.41, 5.74) is 3.17. The molecule has 3 rings (SSSR count). The molecular weight excluding hydrogens is 344 g/mol. The van der Waals surface area contributed by atoms with E-state index in [0.29, 0.717) is 5.69 Å². The summed E-state index contributed by atoms with van der Waals surface area (Å²) >= 11 is 0. The van der Waals surface area contributed by atoms with E-state index in [2.05, 4.69) is 21.5 Å². The molecule has 0 aliphatic rings.